The summed E-state index contributed by atoms with van der Waals surface area (Å²) in [5.74, 6) is 0. The first-order chi connectivity index (χ1) is 6.18. The average Bonchev–Trinajstić information content (AvgIpc) is 2.01. The second-order valence-electron chi connectivity index (χ2n) is 4.11. The van der Waals surface area contributed by atoms with Crippen LogP contribution in [0.4, 0.5) is 4.79 Å². The van der Waals surface area contributed by atoms with E-state index >= 15 is 0 Å². The number of nitrogens with two attached hydrogens (primary N) is 1. The fourth-order valence-electron chi connectivity index (χ4n) is 2.71. The SMILES string of the molecule is NC(=O)N1C2CCCC1CC(O)C2. The van der Waals surface area contributed by atoms with Crippen LogP contribution in [0, 0.1) is 0 Å². The molecule has 0 aromatic carbocycles. The number of aliphatic hydroxyl groups is 1. The average molecular weight is 184 g/mol. The summed E-state index contributed by atoms with van der Waals surface area (Å²) in [6.45, 7) is 0. The van der Waals surface area contributed by atoms with Gasteiger partial charge in [-0.1, -0.05) is 0 Å². The van der Waals surface area contributed by atoms with Gasteiger partial charge in [-0.3, -0.25) is 0 Å². The van der Waals surface area contributed by atoms with Crippen molar-refractivity contribution in [1.82, 2.24) is 4.90 Å². The molecule has 2 amide bonds. The number of carbonyl (C=O) groups is 1. The Balaban J connectivity index is 2.14. The van der Waals surface area contributed by atoms with E-state index < -0.39 is 0 Å². The molecule has 0 spiro atoms. The fraction of sp³-hybridized carbons (Fsp3) is 0.889. The molecule has 0 aromatic heterocycles. The Labute approximate surface area is 77.7 Å². The molecular weight excluding hydrogens is 168 g/mol. The van der Waals surface area contributed by atoms with Gasteiger partial charge in [-0.05, 0) is 32.1 Å². The Morgan fingerprint density at radius 3 is 2.31 bits per heavy atom. The van der Waals surface area contributed by atoms with Gasteiger partial charge in [-0.2, -0.15) is 0 Å². The summed E-state index contributed by atoms with van der Waals surface area (Å²) in [5.41, 5.74) is 5.31. The van der Waals surface area contributed by atoms with Gasteiger partial charge in [0.25, 0.3) is 0 Å². The molecule has 74 valence electrons. The van der Waals surface area contributed by atoms with Gasteiger partial charge in [0.15, 0.2) is 0 Å². The van der Waals surface area contributed by atoms with Crippen LogP contribution in [-0.2, 0) is 0 Å². The van der Waals surface area contributed by atoms with E-state index in [4.69, 9.17) is 5.73 Å². The summed E-state index contributed by atoms with van der Waals surface area (Å²) in [6.07, 6.45) is 4.34. The van der Waals surface area contributed by atoms with Crippen molar-refractivity contribution < 1.29 is 9.90 Å². The maximum Gasteiger partial charge on any atom is 0.315 e. The van der Waals surface area contributed by atoms with Crippen molar-refractivity contribution in [2.75, 3.05) is 0 Å². The highest BCUT2D eigenvalue weighted by Gasteiger charge is 2.39. The van der Waals surface area contributed by atoms with E-state index in [1.54, 1.807) is 4.90 Å². The number of nitrogens with zero attached hydrogens (tertiary/aromatic N) is 1. The number of fused-ring (bicyclic) bond motifs is 2. The zero-order valence-electron chi connectivity index (χ0n) is 7.65. The molecule has 0 aliphatic carbocycles. The number of piperidine rings is 2. The maximum absolute atomic E-state index is 11.1. The minimum atomic E-state index is -0.318. The van der Waals surface area contributed by atoms with Gasteiger partial charge in [0, 0.05) is 12.1 Å². The number of urea groups is 1. The summed E-state index contributed by atoms with van der Waals surface area (Å²) in [4.78, 5) is 12.9. The second-order valence-corrected chi connectivity index (χ2v) is 4.11. The largest absolute Gasteiger partial charge is 0.393 e. The first-order valence-corrected chi connectivity index (χ1v) is 4.94. The molecule has 3 N–H and O–H groups in total. The highest BCUT2D eigenvalue weighted by atomic mass is 16.3. The quantitative estimate of drug-likeness (QED) is 0.573. The van der Waals surface area contributed by atoms with E-state index in [-0.39, 0.29) is 24.2 Å². The Hall–Kier alpha value is -0.770. The van der Waals surface area contributed by atoms with E-state index in [9.17, 15) is 9.90 Å². The topological polar surface area (TPSA) is 66.6 Å². The zero-order valence-corrected chi connectivity index (χ0v) is 7.65. The van der Waals surface area contributed by atoms with Crippen LogP contribution in [-0.4, -0.2) is 34.2 Å². The second kappa shape index (κ2) is 3.18. The molecule has 4 nitrogen and oxygen atoms in total. The van der Waals surface area contributed by atoms with Crippen molar-refractivity contribution >= 4 is 6.03 Å². The Bertz CT molecular complexity index is 206. The fourth-order valence-corrected chi connectivity index (χ4v) is 2.71. The lowest BCUT2D eigenvalue weighted by molar-refractivity contribution is 0.000948. The number of aliphatic hydroxyl groups excluding tert-OH is 1. The number of hydrogen-bond acceptors (Lipinski definition) is 2. The Morgan fingerprint density at radius 2 is 1.85 bits per heavy atom. The first kappa shape index (κ1) is 8.81. The number of primary amides is 1. The molecular formula is C9H16N2O2. The summed E-state index contributed by atoms with van der Waals surface area (Å²) in [5, 5.41) is 9.54. The summed E-state index contributed by atoms with van der Waals surface area (Å²) in [6, 6.07) is 0.0709. The van der Waals surface area contributed by atoms with E-state index in [0.717, 1.165) is 19.3 Å². The molecule has 13 heavy (non-hydrogen) atoms. The molecule has 2 rings (SSSR count). The third-order valence-corrected chi connectivity index (χ3v) is 3.20. The minimum Gasteiger partial charge on any atom is -0.393 e. The van der Waals surface area contributed by atoms with Crippen molar-refractivity contribution in [3.05, 3.63) is 0 Å². The van der Waals surface area contributed by atoms with Crippen molar-refractivity contribution in [2.45, 2.75) is 50.3 Å². The summed E-state index contributed by atoms with van der Waals surface area (Å²) >= 11 is 0. The van der Waals surface area contributed by atoms with Gasteiger partial charge in [-0.15, -0.1) is 0 Å². The van der Waals surface area contributed by atoms with Crippen LogP contribution in [0.5, 0.6) is 0 Å². The third-order valence-electron chi connectivity index (χ3n) is 3.20. The molecule has 0 radical (unpaired) electrons. The normalized spacial score (nSPS) is 38.8. The van der Waals surface area contributed by atoms with Crippen LogP contribution in [0.2, 0.25) is 0 Å². The molecule has 2 aliphatic heterocycles. The molecule has 2 aliphatic rings. The number of amides is 2. The first-order valence-electron chi connectivity index (χ1n) is 4.94. The van der Waals surface area contributed by atoms with Gasteiger partial charge in [0.2, 0.25) is 0 Å². The van der Waals surface area contributed by atoms with Crippen LogP contribution in [0.25, 0.3) is 0 Å². The molecule has 2 heterocycles. The molecule has 2 fully saturated rings. The van der Waals surface area contributed by atoms with Crippen LogP contribution in [0.3, 0.4) is 0 Å². The van der Waals surface area contributed by atoms with E-state index in [1.165, 1.54) is 0 Å². The number of carbonyl (C=O) groups excluding carboxylic acids is 1. The van der Waals surface area contributed by atoms with Crippen LogP contribution in [0.1, 0.15) is 32.1 Å². The number of rotatable bonds is 0. The van der Waals surface area contributed by atoms with Crippen LogP contribution >= 0.6 is 0 Å². The predicted octanol–water partition coefficient (Wildman–Crippen LogP) is 0.443. The van der Waals surface area contributed by atoms with E-state index in [2.05, 4.69) is 0 Å². The predicted molar refractivity (Wildman–Crippen MR) is 48.1 cm³/mol. The lowest BCUT2D eigenvalue weighted by Crippen LogP contribution is -2.57. The lowest BCUT2D eigenvalue weighted by Gasteiger charge is -2.46. The molecule has 0 aromatic rings. The summed E-state index contributed by atoms with van der Waals surface area (Å²) in [7, 11) is 0. The lowest BCUT2D eigenvalue weighted by atomic mass is 9.83. The molecule has 2 unspecified atom stereocenters. The van der Waals surface area contributed by atoms with Gasteiger partial charge in [0.05, 0.1) is 6.10 Å². The smallest absolute Gasteiger partial charge is 0.315 e. The summed E-state index contributed by atoms with van der Waals surface area (Å²) < 4.78 is 0. The monoisotopic (exact) mass is 184 g/mol. The minimum absolute atomic E-state index is 0.194. The maximum atomic E-state index is 11.1. The zero-order chi connectivity index (χ0) is 9.42. The van der Waals surface area contributed by atoms with Crippen molar-refractivity contribution in [3.63, 3.8) is 0 Å². The standard InChI is InChI=1S/C9H16N2O2/c10-9(13)11-6-2-1-3-7(11)5-8(12)4-6/h6-8,12H,1-5H2,(H2,10,13). The molecule has 2 bridgehead atoms. The van der Waals surface area contributed by atoms with Crippen LogP contribution in [0.15, 0.2) is 0 Å². The molecule has 2 atom stereocenters. The Kier molecular flexibility index (Phi) is 2.15. The Morgan fingerprint density at radius 1 is 1.31 bits per heavy atom. The third kappa shape index (κ3) is 1.50. The van der Waals surface area contributed by atoms with Gasteiger partial charge < -0.3 is 15.7 Å². The van der Waals surface area contributed by atoms with E-state index in [1.807, 2.05) is 0 Å². The van der Waals surface area contributed by atoms with Gasteiger partial charge in [0.1, 0.15) is 0 Å². The molecule has 2 saturated heterocycles. The van der Waals surface area contributed by atoms with Gasteiger partial charge in [-0.25, -0.2) is 4.79 Å². The molecule has 4 heteroatoms. The van der Waals surface area contributed by atoms with Crippen molar-refractivity contribution in [2.24, 2.45) is 5.73 Å². The van der Waals surface area contributed by atoms with Crippen molar-refractivity contribution in [3.8, 4) is 0 Å². The molecule has 0 saturated carbocycles. The van der Waals surface area contributed by atoms with Crippen molar-refractivity contribution in [1.29, 1.82) is 0 Å². The van der Waals surface area contributed by atoms with Crippen LogP contribution < -0.4 is 5.73 Å². The highest BCUT2D eigenvalue weighted by molar-refractivity contribution is 5.73. The van der Waals surface area contributed by atoms with Gasteiger partial charge >= 0.3 is 6.03 Å². The highest BCUT2D eigenvalue weighted by Crippen LogP contribution is 2.33. The number of hydrogen-bond donors (Lipinski definition) is 2. The van der Waals surface area contributed by atoms with E-state index in [0.29, 0.717) is 12.8 Å².